The van der Waals surface area contributed by atoms with Crippen LogP contribution in [0.2, 0.25) is 0 Å². The predicted molar refractivity (Wildman–Crippen MR) is 118 cm³/mol. The Morgan fingerprint density at radius 3 is 2.52 bits per heavy atom. The van der Waals surface area contributed by atoms with Gasteiger partial charge in [0.1, 0.15) is 6.04 Å². The standard InChI is InChI=1S/C21H25BrN2O2S/c1-14(2)15-7-6-8-16(13-15)23-21(26)19(11-12-27-3)24-20(25)17-9-4-5-10-18(17)22/h4-10,13-14,19H,11-12H2,1-3H3,(H,23,26)(H,24,25). The van der Waals surface area contributed by atoms with Gasteiger partial charge < -0.3 is 10.6 Å². The maximum atomic E-state index is 12.8. The largest absolute Gasteiger partial charge is 0.340 e. The van der Waals surface area contributed by atoms with E-state index in [0.29, 0.717) is 22.4 Å². The van der Waals surface area contributed by atoms with Crippen molar-refractivity contribution in [3.05, 3.63) is 64.1 Å². The van der Waals surface area contributed by atoms with E-state index in [9.17, 15) is 9.59 Å². The predicted octanol–water partition coefficient (Wildman–Crippen LogP) is 5.06. The number of carbonyl (C=O) groups excluding carboxylic acids is 2. The first-order valence-electron chi connectivity index (χ1n) is 8.87. The van der Waals surface area contributed by atoms with Crippen molar-refractivity contribution >= 4 is 45.2 Å². The summed E-state index contributed by atoms with van der Waals surface area (Å²) >= 11 is 5.03. The van der Waals surface area contributed by atoms with E-state index in [1.165, 1.54) is 0 Å². The molecule has 144 valence electrons. The van der Waals surface area contributed by atoms with Crippen molar-refractivity contribution in [2.45, 2.75) is 32.2 Å². The second kappa shape index (κ2) is 10.5. The van der Waals surface area contributed by atoms with E-state index in [1.54, 1.807) is 23.9 Å². The molecule has 0 aromatic heterocycles. The fourth-order valence-electron chi connectivity index (χ4n) is 2.59. The third-order valence-corrected chi connectivity index (χ3v) is 5.51. The molecule has 2 N–H and O–H groups in total. The Balaban J connectivity index is 2.12. The number of carbonyl (C=O) groups is 2. The number of benzene rings is 2. The maximum absolute atomic E-state index is 12.8. The van der Waals surface area contributed by atoms with E-state index >= 15 is 0 Å². The van der Waals surface area contributed by atoms with Crippen molar-refractivity contribution < 1.29 is 9.59 Å². The number of hydrogen-bond donors (Lipinski definition) is 2. The molecule has 1 unspecified atom stereocenters. The average Bonchev–Trinajstić information content (AvgIpc) is 2.65. The van der Waals surface area contributed by atoms with Crippen LogP contribution in [0, 0.1) is 0 Å². The molecule has 0 aliphatic rings. The van der Waals surface area contributed by atoms with Crippen molar-refractivity contribution in [2.24, 2.45) is 0 Å². The second-order valence-electron chi connectivity index (χ2n) is 6.56. The zero-order valence-electron chi connectivity index (χ0n) is 15.8. The zero-order valence-corrected chi connectivity index (χ0v) is 18.2. The van der Waals surface area contributed by atoms with Gasteiger partial charge in [-0.05, 0) is 70.1 Å². The van der Waals surface area contributed by atoms with Crippen LogP contribution in [0.1, 0.15) is 42.1 Å². The minimum atomic E-state index is -0.597. The number of amides is 2. The number of hydrogen-bond acceptors (Lipinski definition) is 3. The lowest BCUT2D eigenvalue weighted by Gasteiger charge is -2.19. The van der Waals surface area contributed by atoms with E-state index in [-0.39, 0.29) is 11.8 Å². The first-order valence-corrected chi connectivity index (χ1v) is 11.1. The minimum absolute atomic E-state index is 0.203. The van der Waals surface area contributed by atoms with Crippen LogP contribution in [-0.2, 0) is 4.79 Å². The smallest absolute Gasteiger partial charge is 0.253 e. The summed E-state index contributed by atoms with van der Waals surface area (Å²) in [5.74, 6) is 0.690. The summed E-state index contributed by atoms with van der Waals surface area (Å²) in [6.45, 7) is 4.22. The summed E-state index contributed by atoms with van der Waals surface area (Å²) in [7, 11) is 0. The molecule has 6 heteroatoms. The molecule has 0 fully saturated rings. The molecule has 0 saturated heterocycles. The molecule has 0 bridgehead atoms. The molecule has 2 aromatic rings. The van der Waals surface area contributed by atoms with E-state index in [2.05, 4.69) is 40.4 Å². The van der Waals surface area contributed by atoms with Gasteiger partial charge in [0.25, 0.3) is 5.91 Å². The van der Waals surface area contributed by atoms with Crippen LogP contribution in [0.5, 0.6) is 0 Å². The highest BCUT2D eigenvalue weighted by molar-refractivity contribution is 9.10. The van der Waals surface area contributed by atoms with Gasteiger partial charge in [-0.2, -0.15) is 11.8 Å². The van der Waals surface area contributed by atoms with Crippen LogP contribution in [0.4, 0.5) is 5.69 Å². The lowest BCUT2D eigenvalue weighted by Crippen LogP contribution is -2.44. The fraction of sp³-hybridized carbons (Fsp3) is 0.333. The van der Waals surface area contributed by atoms with Gasteiger partial charge in [-0.15, -0.1) is 0 Å². The SMILES string of the molecule is CSCCC(NC(=O)c1ccccc1Br)C(=O)Nc1cccc(C(C)C)c1. The summed E-state index contributed by atoms with van der Waals surface area (Å²) in [6, 6.07) is 14.4. The van der Waals surface area contributed by atoms with Crippen molar-refractivity contribution in [1.29, 1.82) is 0 Å². The Kier molecular flexibility index (Phi) is 8.38. The number of rotatable bonds is 8. The van der Waals surface area contributed by atoms with Crippen molar-refractivity contribution in [3.63, 3.8) is 0 Å². The van der Waals surface area contributed by atoms with E-state index in [4.69, 9.17) is 0 Å². The van der Waals surface area contributed by atoms with Gasteiger partial charge in [-0.3, -0.25) is 9.59 Å². The van der Waals surface area contributed by atoms with Gasteiger partial charge in [0.2, 0.25) is 5.91 Å². The molecule has 2 aromatic carbocycles. The van der Waals surface area contributed by atoms with Gasteiger partial charge in [-0.25, -0.2) is 0 Å². The quantitative estimate of drug-likeness (QED) is 0.592. The first-order chi connectivity index (χ1) is 12.9. The number of thioether (sulfide) groups is 1. The summed E-state index contributed by atoms with van der Waals surface area (Å²) in [5, 5.41) is 5.82. The van der Waals surface area contributed by atoms with Gasteiger partial charge in [-0.1, -0.05) is 38.1 Å². The molecule has 4 nitrogen and oxygen atoms in total. The maximum Gasteiger partial charge on any atom is 0.253 e. The van der Waals surface area contributed by atoms with E-state index in [1.807, 2.05) is 42.7 Å². The summed E-state index contributed by atoms with van der Waals surface area (Å²) in [6.07, 6.45) is 2.55. The number of halogens is 1. The molecule has 0 aliphatic carbocycles. The van der Waals surface area contributed by atoms with Crippen LogP contribution in [0.15, 0.2) is 53.0 Å². The molecule has 2 amide bonds. The molecule has 2 rings (SSSR count). The monoisotopic (exact) mass is 448 g/mol. The summed E-state index contributed by atoms with van der Waals surface area (Å²) < 4.78 is 0.705. The number of anilines is 1. The molecule has 0 saturated carbocycles. The highest BCUT2D eigenvalue weighted by Gasteiger charge is 2.22. The van der Waals surface area contributed by atoms with Gasteiger partial charge in [0.15, 0.2) is 0 Å². The lowest BCUT2D eigenvalue weighted by atomic mass is 10.0. The second-order valence-corrected chi connectivity index (χ2v) is 8.40. The Morgan fingerprint density at radius 1 is 1.11 bits per heavy atom. The molecular weight excluding hydrogens is 424 g/mol. The normalized spacial score (nSPS) is 11.9. The topological polar surface area (TPSA) is 58.2 Å². The van der Waals surface area contributed by atoms with Gasteiger partial charge in [0, 0.05) is 10.2 Å². The fourth-order valence-corrected chi connectivity index (χ4v) is 3.53. The minimum Gasteiger partial charge on any atom is -0.340 e. The molecule has 0 radical (unpaired) electrons. The summed E-state index contributed by atoms with van der Waals surface area (Å²) in [5.41, 5.74) is 2.42. The first kappa shape index (κ1) is 21.5. The van der Waals surface area contributed by atoms with Crippen molar-refractivity contribution in [3.8, 4) is 0 Å². The molecular formula is C21H25BrN2O2S. The van der Waals surface area contributed by atoms with Gasteiger partial charge in [0.05, 0.1) is 5.56 Å². The number of nitrogens with one attached hydrogen (secondary N) is 2. The Morgan fingerprint density at radius 2 is 1.85 bits per heavy atom. The molecule has 27 heavy (non-hydrogen) atoms. The third kappa shape index (κ3) is 6.40. The average molecular weight is 449 g/mol. The highest BCUT2D eigenvalue weighted by atomic mass is 79.9. The molecule has 0 aliphatic heterocycles. The van der Waals surface area contributed by atoms with Crippen molar-refractivity contribution in [1.82, 2.24) is 5.32 Å². The Bertz CT molecular complexity index is 795. The molecule has 0 spiro atoms. The zero-order chi connectivity index (χ0) is 19.8. The van der Waals surface area contributed by atoms with Crippen LogP contribution in [-0.4, -0.2) is 29.9 Å². The van der Waals surface area contributed by atoms with Gasteiger partial charge >= 0.3 is 0 Å². The summed E-state index contributed by atoms with van der Waals surface area (Å²) in [4.78, 5) is 25.4. The van der Waals surface area contributed by atoms with Crippen LogP contribution < -0.4 is 10.6 Å². The third-order valence-electron chi connectivity index (χ3n) is 4.17. The highest BCUT2D eigenvalue weighted by Crippen LogP contribution is 2.19. The Hall–Kier alpha value is -1.79. The molecule has 1 atom stereocenters. The van der Waals surface area contributed by atoms with E-state index in [0.717, 1.165) is 17.0 Å². The van der Waals surface area contributed by atoms with Crippen LogP contribution in [0.25, 0.3) is 0 Å². The molecule has 0 heterocycles. The van der Waals surface area contributed by atoms with Crippen LogP contribution >= 0.6 is 27.7 Å². The van der Waals surface area contributed by atoms with E-state index < -0.39 is 6.04 Å². The van der Waals surface area contributed by atoms with Crippen molar-refractivity contribution in [2.75, 3.05) is 17.3 Å². The lowest BCUT2D eigenvalue weighted by molar-refractivity contribution is -0.118. The Labute approximate surface area is 173 Å². The van der Waals surface area contributed by atoms with Crippen LogP contribution in [0.3, 0.4) is 0 Å².